The van der Waals surface area contributed by atoms with E-state index in [1.165, 1.54) is 12.1 Å². The Kier molecular flexibility index (Phi) is 1.73. The molecule has 0 spiro atoms. The minimum absolute atomic E-state index is 0.265. The third-order valence-corrected chi connectivity index (χ3v) is 2.58. The predicted octanol–water partition coefficient (Wildman–Crippen LogP) is 2.28. The zero-order chi connectivity index (χ0) is 11.1. The smallest absolute Gasteiger partial charge is 0.125 e. The molecule has 0 aliphatic heterocycles. The summed E-state index contributed by atoms with van der Waals surface area (Å²) in [4.78, 5) is 3.00. The van der Waals surface area contributed by atoms with Crippen LogP contribution >= 0.6 is 0 Å². The van der Waals surface area contributed by atoms with Gasteiger partial charge in [0.05, 0.1) is 17.6 Å². The second-order valence-electron chi connectivity index (χ2n) is 3.59. The summed E-state index contributed by atoms with van der Waals surface area (Å²) < 4.78 is 13.0. The minimum atomic E-state index is -0.265. The molecule has 16 heavy (non-hydrogen) atoms. The molecule has 0 bridgehead atoms. The summed E-state index contributed by atoms with van der Waals surface area (Å²) >= 11 is 0. The van der Waals surface area contributed by atoms with Crippen LogP contribution in [-0.4, -0.2) is 15.2 Å². The number of nitrogen functional groups attached to an aromatic ring is 1. The Balaban J connectivity index is 2.30. The number of hydrogen-bond donors (Lipinski definition) is 3. The fraction of sp³-hybridized carbons (Fsp3) is 0. The van der Waals surface area contributed by atoms with Crippen molar-refractivity contribution in [2.45, 2.75) is 0 Å². The molecule has 0 radical (unpaired) electrons. The van der Waals surface area contributed by atoms with Gasteiger partial charge in [0.2, 0.25) is 0 Å². The van der Waals surface area contributed by atoms with E-state index in [0.717, 1.165) is 22.2 Å². The molecule has 0 fully saturated rings. The molecule has 0 atom stereocenters. The van der Waals surface area contributed by atoms with Crippen LogP contribution in [0.5, 0.6) is 0 Å². The van der Waals surface area contributed by atoms with Gasteiger partial charge in [0, 0.05) is 22.7 Å². The maximum atomic E-state index is 13.0. The van der Waals surface area contributed by atoms with Gasteiger partial charge in [-0.2, -0.15) is 5.10 Å². The van der Waals surface area contributed by atoms with Crippen LogP contribution in [0.3, 0.4) is 0 Å². The highest BCUT2D eigenvalue weighted by atomic mass is 19.1. The van der Waals surface area contributed by atoms with Gasteiger partial charge in [0.25, 0.3) is 0 Å². The zero-order valence-corrected chi connectivity index (χ0v) is 8.29. The van der Waals surface area contributed by atoms with E-state index in [9.17, 15) is 4.39 Å². The number of hydrogen-bond acceptors (Lipinski definition) is 2. The van der Waals surface area contributed by atoms with Crippen molar-refractivity contribution in [2.24, 2.45) is 0 Å². The Hall–Kier alpha value is -2.30. The summed E-state index contributed by atoms with van der Waals surface area (Å²) in [5.41, 5.74) is 8.73. The Morgan fingerprint density at radius 2 is 2.19 bits per heavy atom. The fourth-order valence-electron chi connectivity index (χ4n) is 1.82. The van der Waals surface area contributed by atoms with Crippen LogP contribution in [-0.2, 0) is 0 Å². The number of H-pyrrole nitrogens is 2. The minimum Gasteiger partial charge on any atom is -0.396 e. The van der Waals surface area contributed by atoms with E-state index in [1.807, 2.05) is 0 Å². The van der Waals surface area contributed by atoms with Crippen LogP contribution in [0.1, 0.15) is 0 Å². The van der Waals surface area contributed by atoms with Crippen molar-refractivity contribution in [2.75, 3.05) is 5.73 Å². The van der Waals surface area contributed by atoms with Gasteiger partial charge < -0.3 is 10.7 Å². The van der Waals surface area contributed by atoms with Crippen molar-refractivity contribution in [1.29, 1.82) is 0 Å². The van der Waals surface area contributed by atoms with E-state index in [1.54, 1.807) is 18.5 Å². The quantitative estimate of drug-likeness (QED) is 0.584. The molecule has 3 aromatic rings. The molecule has 5 heteroatoms. The third-order valence-electron chi connectivity index (χ3n) is 2.58. The van der Waals surface area contributed by atoms with E-state index >= 15 is 0 Å². The van der Waals surface area contributed by atoms with Crippen molar-refractivity contribution in [3.63, 3.8) is 0 Å². The lowest BCUT2D eigenvalue weighted by Gasteiger charge is -1.97. The monoisotopic (exact) mass is 216 g/mol. The Morgan fingerprint density at radius 3 is 2.94 bits per heavy atom. The molecular formula is C11H9FN4. The Labute approximate surface area is 90.3 Å². The number of aromatic amines is 2. The lowest BCUT2D eigenvalue weighted by molar-refractivity contribution is 0.629. The summed E-state index contributed by atoms with van der Waals surface area (Å²) in [5.74, 6) is -0.265. The van der Waals surface area contributed by atoms with Crippen molar-refractivity contribution in [1.82, 2.24) is 15.2 Å². The number of rotatable bonds is 1. The summed E-state index contributed by atoms with van der Waals surface area (Å²) in [7, 11) is 0. The number of fused-ring (bicyclic) bond motifs is 1. The van der Waals surface area contributed by atoms with Crippen LogP contribution in [0.25, 0.3) is 22.2 Å². The average molecular weight is 216 g/mol. The standard InChI is InChI=1S/C11H9FN4/c12-6-1-2-7-8(4-14-10(7)3-6)11-9(13)5-15-16-11/h1-5,14H,13H2,(H,15,16). The van der Waals surface area contributed by atoms with Gasteiger partial charge in [0.1, 0.15) is 5.82 Å². The van der Waals surface area contributed by atoms with Crippen molar-refractivity contribution < 1.29 is 4.39 Å². The average Bonchev–Trinajstić information content (AvgIpc) is 2.83. The molecule has 0 saturated carbocycles. The van der Waals surface area contributed by atoms with Gasteiger partial charge in [-0.05, 0) is 18.2 Å². The predicted molar refractivity (Wildman–Crippen MR) is 60.3 cm³/mol. The highest BCUT2D eigenvalue weighted by Crippen LogP contribution is 2.30. The van der Waals surface area contributed by atoms with E-state index < -0.39 is 0 Å². The Bertz CT molecular complexity index is 653. The Morgan fingerprint density at radius 1 is 1.31 bits per heavy atom. The fourth-order valence-corrected chi connectivity index (χ4v) is 1.82. The first-order chi connectivity index (χ1) is 7.75. The largest absolute Gasteiger partial charge is 0.396 e. The number of nitrogens with one attached hydrogen (secondary N) is 2. The molecular weight excluding hydrogens is 207 g/mol. The van der Waals surface area contributed by atoms with Gasteiger partial charge in [-0.3, -0.25) is 5.10 Å². The molecule has 0 aliphatic carbocycles. The van der Waals surface area contributed by atoms with Crippen LogP contribution in [0.2, 0.25) is 0 Å². The third kappa shape index (κ3) is 1.18. The maximum Gasteiger partial charge on any atom is 0.125 e. The second-order valence-corrected chi connectivity index (χ2v) is 3.59. The molecule has 2 heterocycles. The highest BCUT2D eigenvalue weighted by Gasteiger charge is 2.10. The van der Waals surface area contributed by atoms with E-state index in [0.29, 0.717) is 5.69 Å². The summed E-state index contributed by atoms with van der Waals surface area (Å²) in [6.07, 6.45) is 3.34. The van der Waals surface area contributed by atoms with Crippen LogP contribution in [0, 0.1) is 5.82 Å². The molecule has 1 aromatic carbocycles. The number of nitrogens with two attached hydrogens (primary N) is 1. The molecule has 2 aromatic heterocycles. The molecule has 0 unspecified atom stereocenters. The molecule has 4 nitrogen and oxygen atoms in total. The number of halogens is 1. The van der Waals surface area contributed by atoms with Crippen LogP contribution in [0.15, 0.2) is 30.6 Å². The van der Waals surface area contributed by atoms with Gasteiger partial charge in [-0.25, -0.2) is 4.39 Å². The first kappa shape index (κ1) is 8.96. The zero-order valence-electron chi connectivity index (χ0n) is 8.29. The number of benzene rings is 1. The number of aromatic nitrogens is 3. The molecule has 0 amide bonds. The van der Waals surface area contributed by atoms with Gasteiger partial charge in [-0.1, -0.05) is 0 Å². The first-order valence-corrected chi connectivity index (χ1v) is 4.81. The summed E-state index contributed by atoms with van der Waals surface area (Å²) in [6, 6.07) is 4.59. The SMILES string of the molecule is Nc1cn[nH]c1-c1c[nH]c2cc(F)ccc12. The van der Waals surface area contributed by atoms with Crippen LogP contribution < -0.4 is 5.73 Å². The molecule has 0 saturated heterocycles. The van der Waals surface area contributed by atoms with Gasteiger partial charge in [-0.15, -0.1) is 0 Å². The summed E-state index contributed by atoms with van der Waals surface area (Å²) in [5, 5.41) is 7.60. The highest BCUT2D eigenvalue weighted by molar-refractivity contribution is 5.96. The van der Waals surface area contributed by atoms with Gasteiger partial charge >= 0.3 is 0 Å². The maximum absolute atomic E-state index is 13.0. The van der Waals surface area contributed by atoms with E-state index in [-0.39, 0.29) is 5.82 Å². The van der Waals surface area contributed by atoms with E-state index in [2.05, 4.69) is 15.2 Å². The molecule has 4 N–H and O–H groups in total. The topological polar surface area (TPSA) is 70.5 Å². The second kappa shape index (κ2) is 3.10. The lowest BCUT2D eigenvalue weighted by atomic mass is 10.1. The van der Waals surface area contributed by atoms with Crippen LogP contribution in [0.4, 0.5) is 10.1 Å². The number of nitrogens with zero attached hydrogens (tertiary/aromatic N) is 1. The normalized spacial score (nSPS) is 11.1. The van der Waals surface area contributed by atoms with E-state index in [4.69, 9.17) is 5.73 Å². The van der Waals surface area contributed by atoms with Crippen molar-refractivity contribution >= 4 is 16.6 Å². The van der Waals surface area contributed by atoms with Gasteiger partial charge in [0.15, 0.2) is 0 Å². The molecule has 80 valence electrons. The molecule has 0 aliphatic rings. The first-order valence-electron chi connectivity index (χ1n) is 4.81. The van der Waals surface area contributed by atoms with Crippen molar-refractivity contribution in [3.8, 4) is 11.3 Å². The van der Waals surface area contributed by atoms with Crippen molar-refractivity contribution in [3.05, 3.63) is 36.4 Å². The summed E-state index contributed by atoms with van der Waals surface area (Å²) in [6.45, 7) is 0. The lowest BCUT2D eigenvalue weighted by Crippen LogP contribution is -1.85. The number of anilines is 1. The molecule has 3 rings (SSSR count).